The quantitative estimate of drug-likeness (QED) is 0.885. The van der Waals surface area contributed by atoms with Gasteiger partial charge in [-0.15, -0.1) is 5.10 Å². The summed E-state index contributed by atoms with van der Waals surface area (Å²) < 4.78 is 1.74. The van der Waals surface area contributed by atoms with Crippen molar-refractivity contribution in [1.82, 2.24) is 20.3 Å². The van der Waals surface area contributed by atoms with E-state index in [1.165, 1.54) is 19.3 Å². The van der Waals surface area contributed by atoms with E-state index in [-0.39, 0.29) is 23.9 Å². The van der Waals surface area contributed by atoms with Crippen LogP contribution in [0.5, 0.6) is 0 Å². The van der Waals surface area contributed by atoms with Crippen LogP contribution in [0.2, 0.25) is 0 Å². The fourth-order valence-electron chi connectivity index (χ4n) is 4.59. The zero-order chi connectivity index (χ0) is 18.1. The van der Waals surface area contributed by atoms with Crippen LogP contribution in [0.15, 0.2) is 36.5 Å². The maximum atomic E-state index is 12.8. The molecule has 0 radical (unpaired) electrons. The van der Waals surface area contributed by atoms with Crippen LogP contribution in [0, 0.1) is 17.8 Å². The third-order valence-corrected chi connectivity index (χ3v) is 6.12. The van der Waals surface area contributed by atoms with Crippen molar-refractivity contribution in [3.8, 4) is 5.69 Å². The predicted octanol–water partition coefficient (Wildman–Crippen LogP) is 2.60. The van der Waals surface area contributed by atoms with Crippen molar-refractivity contribution in [3.05, 3.63) is 42.2 Å². The molecular formula is C20H27N5O. The smallest absolute Gasteiger partial charge is 0.223 e. The number of hydrogen-bond acceptors (Lipinski definition) is 4. The Morgan fingerprint density at radius 1 is 1.23 bits per heavy atom. The number of carbonyl (C=O) groups is 1. The molecule has 1 aromatic carbocycles. The Kier molecular flexibility index (Phi) is 4.76. The van der Waals surface area contributed by atoms with Crippen LogP contribution in [0.3, 0.4) is 0 Å². The summed E-state index contributed by atoms with van der Waals surface area (Å²) in [6.45, 7) is 1.96. The minimum Gasteiger partial charge on any atom is -0.348 e. The van der Waals surface area contributed by atoms with Crippen LogP contribution in [0.1, 0.15) is 50.8 Å². The van der Waals surface area contributed by atoms with Crippen LogP contribution in [-0.2, 0) is 4.79 Å². The first-order valence-electron chi connectivity index (χ1n) is 9.65. The molecule has 2 aromatic rings. The van der Waals surface area contributed by atoms with E-state index in [1.54, 1.807) is 4.68 Å². The van der Waals surface area contributed by atoms with Gasteiger partial charge in [0, 0.05) is 12.0 Å². The second-order valence-corrected chi connectivity index (χ2v) is 7.85. The summed E-state index contributed by atoms with van der Waals surface area (Å²) in [5.41, 5.74) is 8.07. The van der Waals surface area contributed by atoms with E-state index in [0.717, 1.165) is 24.2 Å². The van der Waals surface area contributed by atoms with E-state index in [0.29, 0.717) is 11.8 Å². The van der Waals surface area contributed by atoms with Gasteiger partial charge in [-0.2, -0.15) is 0 Å². The van der Waals surface area contributed by atoms with Gasteiger partial charge in [-0.05, 0) is 56.6 Å². The Bertz CT molecular complexity index is 745. The normalized spacial score (nSPS) is 29.2. The van der Waals surface area contributed by atoms with Gasteiger partial charge < -0.3 is 11.1 Å². The molecule has 2 aliphatic carbocycles. The number of benzene rings is 1. The molecule has 3 unspecified atom stereocenters. The molecule has 2 bridgehead atoms. The molecular weight excluding hydrogens is 326 g/mol. The number of carbonyl (C=O) groups excluding carboxylic acids is 1. The van der Waals surface area contributed by atoms with Crippen molar-refractivity contribution in [2.75, 3.05) is 0 Å². The molecule has 3 N–H and O–H groups in total. The van der Waals surface area contributed by atoms with Crippen LogP contribution in [-0.4, -0.2) is 26.9 Å². The molecule has 26 heavy (non-hydrogen) atoms. The van der Waals surface area contributed by atoms with Crippen molar-refractivity contribution < 1.29 is 4.79 Å². The molecule has 3 atom stereocenters. The molecule has 138 valence electrons. The highest BCUT2D eigenvalue weighted by molar-refractivity contribution is 5.79. The van der Waals surface area contributed by atoms with Gasteiger partial charge in [-0.1, -0.05) is 29.8 Å². The second kappa shape index (κ2) is 7.19. The molecule has 2 fully saturated rings. The molecule has 1 amide bonds. The van der Waals surface area contributed by atoms with Gasteiger partial charge in [0.15, 0.2) is 0 Å². The average molecular weight is 353 g/mol. The van der Waals surface area contributed by atoms with E-state index >= 15 is 0 Å². The number of para-hydroxylation sites is 1. The summed E-state index contributed by atoms with van der Waals surface area (Å²) in [6, 6.07) is 9.98. The summed E-state index contributed by atoms with van der Waals surface area (Å²) in [6.07, 6.45) is 7.33. The van der Waals surface area contributed by atoms with Crippen LogP contribution < -0.4 is 11.1 Å². The van der Waals surface area contributed by atoms with E-state index in [1.807, 2.05) is 43.5 Å². The first-order chi connectivity index (χ1) is 12.6. The highest BCUT2D eigenvalue weighted by Gasteiger charge is 2.40. The summed E-state index contributed by atoms with van der Waals surface area (Å²) in [5, 5.41) is 11.6. The fraction of sp³-hybridized carbons (Fsp3) is 0.550. The lowest BCUT2D eigenvalue weighted by Crippen LogP contribution is -2.49. The number of nitrogens with two attached hydrogens (primary N) is 1. The molecule has 1 heterocycles. The molecule has 0 aliphatic heterocycles. The number of amides is 1. The minimum atomic E-state index is -0.157. The minimum absolute atomic E-state index is 0.0803. The lowest BCUT2D eigenvalue weighted by Gasteiger charge is -2.43. The maximum Gasteiger partial charge on any atom is 0.223 e. The number of fused-ring (bicyclic) bond motifs is 2. The van der Waals surface area contributed by atoms with Crippen LogP contribution in [0.4, 0.5) is 0 Å². The topological polar surface area (TPSA) is 85.8 Å². The molecule has 1 aromatic heterocycles. The monoisotopic (exact) mass is 353 g/mol. The maximum absolute atomic E-state index is 12.8. The Labute approximate surface area is 154 Å². The fourth-order valence-corrected chi connectivity index (χ4v) is 4.59. The van der Waals surface area contributed by atoms with Gasteiger partial charge in [-0.3, -0.25) is 4.79 Å². The van der Waals surface area contributed by atoms with Gasteiger partial charge in [0.2, 0.25) is 5.91 Å². The molecule has 4 rings (SSSR count). The summed E-state index contributed by atoms with van der Waals surface area (Å²) >= 11 is 0. The van der Waals surface area contributed by atoms with E-state index in [9.17, 15) is 4.79 Å². The summed E-state index contributed by atoms with van der Waals surface area (Å²) in [7, 11) is 0. The number of nitrogens with one attached hydrogen (secondary N) is 1. The van der Waals surface area contributed by atoms with Gasteiger partial charge in [0.25, 0.3) is 0 Å². The van der Waals surface area contributed by atoms with Crippen molar-refractivity contribution in [2.24, 2.45) is 23.5 Å². The third kappa shape index (κ3) is 3.38. The van der Waals surface area contributed by atoms with Crippen LogP contribution >= 0.6 is 0 Å². The van der Waals surface area contributed by atoms with E-state index < -0.39 is 0 Å². The lowest BCUT2D eigenvalue weighted by molar-refractivity contribution is -0.128. The molecule has 6 nitrogen and oxygen atoms in total. The zero-order valence-corrected chi connectivity index (χ0v) is 15.2. The highest BCUT2D eigenvalue weighted by Crippen LogP contribution is 2.42. The molecule has 0 saturated heterocycles. The van der Waals surface area contributed by atoms with Gasteiger partial charge in [0.05, 0.1) is 17.9 Å². The Morgan fingerprint density at radius 2 is 1.92 bits per heavy atom. The average Bonchev–Trinajstić information content (AvgIpc) is 3.12. The number of hydrogen-bond donors (Lipinski definition) is 2. The largest absolute Gasteiger partial charge is 0.348 e. The Morgan fingerprint density at radius 3 is 2.62 bits per heavy atom. The highest BCUT2D eigenvalue weighted by atomic mass is 16.1. The van der Waals surface area contributed by atoms with Gasteiger partial charge in [-0.25, -0.2) is 4.68 Å². The van der Waals surface area contributed by atoms with Crippen LogP contribution in [0.25, 0.3) is 5.69 Å². The van der Waals surface area contributed by atoms with E-state index in [4.69, 9.17) is 5.73 Å². The lowest BCUT2D eigenvalue weighted by atomic mass is 9.65. The van der Waals surface area contributed by atoms with E-state index in [2.05, 4.69) is 15.6 Å². The number of nitrogens with zero attached hydrogens (tertiary/aromatic N) is 3. The first-order valence-corrected chi connectivity index (χ1v) is 9.65. The SMILES string of the molecule is CC(NC(=O)C1CC2CCCC(C1)C2N)c1cn(-c2ccccc2)nn1. The first kappa shape index (κ1) is 17.2. The molecule has 0 spiro atoms. The summed E-state index contributed by atoms with van der Waals surface area (Å²) in [4.78, 5) is 12.8. The van der Waals surface area contributed by atoms with Crippen molar-refractivity contribution in [3.63, 3.8) is 0 Å². The second-order valence-electron chi connectivity index (χ2n) is 7.85. The third-order valence-electron chi connectivity index (χ3n) is 6.12. The molecule has 6 heteroatoms. The number of rotatable bonds is 4. The standard InChI is InChI=1S/C20H27N5O/c1-13(18-12-25(24-23-18)17-8-3-2-4-9-17)22-20(26)16-10-14-6-5-7-15(11-16)19(14)21/h2-4,8-9,12-16,19H,5-7,10-11,21H2,1H3,(H,22,26). The Hall–Kier alpha value is -2.21. The van der Waals surface area contributed by atoms with Crippen molar-refractivity contribution in [2.45, 2.75) is 51.1 Å². The predicted molar refractivity (Wildman–Crippen MR) is 99.4 cm³/mol. The van der Waals surface area contributed by atoms with Gasteiger partial charge >= 0.3 is 0 Å². The summed E-state index contributed by atoms with van der Waals surface area (Å²) in [5.74, 6) is 1.23. The molecule has 2 aliphatic rings. The Balaban J connectivity index is 1.40. The molecule has 2 saturated carbocycles. The number of aromatic nitrogens is 3. The zero-order valence-electron chi connectivity index (χ0n) is 15.2. The van der Waals surface area contributed by atoms with Crippen molar-refractivity contribution in [1.29, 1.82) is 0 Å². The van der Waals surface area contributed by atoms with Crippen molar-refractivity contribution >= 4 is 5.91 Å². The van der Waals surface area contributed by atoms with Gasteiger partial charge in [0.1, 0.15) is 5.69 Å².